The quantitative estimate of drug-likeness (QED) is 0.892. The van der Waals surface area contributed by atoms with Gasteiger partial charge >= 0.3 is 0 Å². The molecule has 6 heteroatoms. The van der Waals surface area contributed by atoms with Gasteiger partial charge < -0.3 is 5.11 Å². The van der Waals surface area contributed by atoms with Gasteiger partial charge in [0.15, 0.2) is 0 Å². The molecule has 0 aliphatic rings. The molecule has 2 aromatic rings. The van der Waals surface area contributed by atoms with Crippen LogP contribution in [0.4, 0.5) is 0 Å². The van der Waals surface area contributed by atoms with E-state index in [0.29, 0.717) is 22.2 Å². The first-order valence-electron chi connectivity index (χ1n) is 5.71. The van der Waals surface area contributed by atoms with Crippen LogP contribution >= 0.6 is 39.1 Å². The van der Waals surface area contributed by atoms with Crippen molar-refractivity contribution in [1.82, 2.24) is 9.78 Å². The number of hydrogen-bond acceptors (Lipinski definition) is 2. The molecule has 0 amide bonds. The van der Waals surface area contributed by atoms with E-state index in [1.807, 2.05) is 19.1 Å². The molecular formula is C13H13BrCl2N2O. The summed E-state index contributed by atoms with van der Waals surface area (Å²) in [4.78, 5) is 0. The van der Waals surface area contributed by atoms with E-state index in [2.05, 4.69) is 21.0 Å². The van der Waals surface area contributed by atoms with Crippen molar-refractivity contribution in [3.8, 4) is 0 Å². The van der Waals surface area contributed by atoms with Crippen LogP contribution in [0.5, 0.6) is 0 Å². The molecule has 0 radical (unpaired) electrons. The summed E-state index contributed by atoms with van der Waals surface area (Å²) in [6.07, 6.45) is -0.334. The lowest BCUT2D eigenvalue weighted by molar-refractivity contribution is 0.178. The summed E-state index contributed by atoms with van der Waals surface area (Å²) in [5.41, 5.74) is 2.33. The first-order valence-corrected chi connectivity index (χ1v) is 7.26. The van der Waals surface area contributed by atoms with Crippen LogP contribution in [0.3, 0.4) is 0 Å². The number of aryl methyl sites for hydroxylation is 2. The van der Waals surface area contributed by atoms with Gasteiger partial charge in [0.2, 0.25) is 0 Å². The lowest BCUT2D eigenvalue weighted by atomic mass is 10.0. The molecule has 1 aromatic heterocycles. The van der Waals surface area contributed by atoms with Gasteiger partial charge in [-0.25, -0.2) is 0 Å². The van der Waals surface area contributed by atoms with Gasteiger partial charge in [-0.15, -0.1) is 0 Å². The highest BCUT2D eigenvalue weighted by atomic mass is 79.9. The van der Waals surface area contributed by atoms with Crippen molar-refractivity contribution >= 4 is 39.1 Å². The van der Waals surface area contributed by atoms with E-state index < -0.39 is 6.10 Å². The van der Waals surface area contributed by atoms with Gasteiger partial charge in [0.1, 0.15) is 5.15 Å². The third-order valence-electron chi connectivity index (χ3n) is 2.98. The Labute approximate surface area is 130 Å². The normalized spacial score (nSPS) is 12.7. The minimum absolute atomic E-state index is 0.384. The molecule has 1 aromatic carbocycles. The molecule has 0 saturated heterocycles. The summed E-state index contributed by atoms with van der Waals surface area (Å²) in [5, 5.41) is 15.6. The van der Waals surface area contributed by atoms with Gasteiger partial charge in [-0.05, 0) is 25.1 Å². The SMILES string of the molecule is Cc1nn(C)c(Cl)c1CC(O)c1cc(Br)ccc1Cl. The highest BCUT2D eigenvalue weighted by Gasteiger charge is 2.18. The van der Waals surface area contributed by atoms with Crippen LogP contribution < -0.4 is 0 Å². The van der Waals surface area contributed by atoms with E-state index in [-0.39, 0.29) is 0 Å². The highest BCUT2D eigenvalue weighted by molar-refractivity contribution is 9.10. The Morgan fingerprint density at radius 3 is 2.68 bits per heavy atom. The maximum Gasteiger partial charge on any atom is 0.130 e. The molecule has 1 atom stereocenters. The summed E-state index contributed by atoms with van der Waals surface area (Å²) in [7, 11) is 1.78. The fourth-order valence-electron chi connectivity index (χ4n) is 1.98. The van der Waals surface area contributed by atoms with E-state index >= 15 is 0 Å². The van der Waals surface area contributed by atoms with E-state index in [4.69, 9.17) is 23.2 Å². The molecule has 1 N–H and O–H groups in total. The van der Waals surface area contributed by atoms with Crippen molar-refractivity contribution < 1.29 is 5.11 Å². The Kier molecular flexibility index (Phi) is 4.56. The van der Waals surface area contributed by atoms with Crippen LogP contribution in [0.15, 0.2) is 22.7 Å². The van der Waals surface area contributed by atoms with Crippen molar-refractivity contribution in [1.29, 1.82) is 0 Å². The summed E-state index contributed by atoms with van der Waals surface area (Å²) >= 11 is 15.6. The van der Waals surface area contributed by atoms with Crippen LogP contribution in [0.2, 0.25) is 10.2 Å². The summed E-state index contributed by atoms with van der Waals surface area (Å²) in [5.74, 6) is 0. The Morgan fingerprint density at radius 1 is 1.42 bits per heavy atom. The molecule has 2 rings (SSSR count). The summed E-state index contributed by atoms with van der Waals surface area (Å²) in [6.45, 7) is 1.87. The van der Waals surface area contributed by atoms with Gasteiger partial charge in [0.05, 0.1) is 11.8 Å². The molecule has 0 fully saturated rings. The van der Waals surface area contributed by atoms with E-state index in [1.54, 1.807) is 17.8 Å². The van der Waals surface area contributed by atoms with E-state index in [0.717, 1.165) is 15.7 Å². The third kappa shape index (κ3) is 3.14. The van der Waals surface area contributed by atoms with Gasteiger partial charge in [-0.2, -0.15) is 5.10 Å². The Hall–Kier alpha value is -0.550. The molecule has 1 heterocycles. The number of nitrogens with zero attached hydrogens (tertiary/aromatic N) is 2. The fraction of sp³-hybridized carbons (Fsp3) is 0.308. The zero-order chi connectivity index (χ0) is 14.2. The average Bonchev–Trinajstić information content (AvgIpc) is 2.59. The van der Waals surface area contributed by atoms with Crippen LogP contribution in [-0.4, -0.2) is 14.9 Å². The number of aliphatic hydroxyl groups excluding tert-OH is 1. The Balaban J connectivity index is 2.30. The first kappa shape index (κ1) is 14.9. The van der Waals surface area contributed by atoms with Crippen molar-refractivity contribution in [2.24, 2.45) is 7.05 Å². The van der Waals surface area contributed by atoms with E-state index in [1.165, 1.54) is 0 Å². The number of benzene rings is 1. The van der Waals surface area contributed by atoms with Crippen LogP contribution in [0.1, 0.15) is 22.9 Å². The summed E-state index contributed by atoms with van der Waals surface area (Å²) in [6, 6.07) is 5.40. The second kappa shape index (κ2) is 5.83. The van der Waals surface area contributed by atoms with Crippen molar-refractivity contribution in [3.63, 3.8) is 0 Å². The maximum absolute atomic E-state index is 10.3. The van der Waals surface area contributed by atoms with Crippen LogP contribution in [0.25, 0.3) is 0 Å². The molecule has 0 spiro atoms. The van der Waals surface area contributed by atoms with Crippen LogP contribution in [0, 0.1) is 6.92 Å². The molecular weight excluding hydrogens is 351 g/mol. The number of hydrogen-bond donors (Lipinski definition) is 1. The maximum atomic E-state index is 10.3. The van der Waals surface area contributed by atoms with Gasteiger partial charge in [-0.1, -0.05) is 39.1 Å². The minimum atomic E-state index is -0.717. The van der Waals surface area contributed by atoms with Gasteiger partial charge in [-0.3, -0.25) is 4.68 Å². The van der Waals surface area contributed by atoms with Crippen molar-refractivity contribution in [3.05, 3.63) is 49.7 Å². The number of aliphatic hydroxyl groups is 1. The Morgan fingerprint density at radius 2 is 2.11 bits per heavy atom. The van der Waals surface area contributed by atoms with Gasteiger partial charge in [0.25, 0.3) is 0 Å². The van der Waals surface area contributed by atoms with Gasteiger partial charge in [0, 0.05) is 34.1 Å². The second-order valence-electron chi connectivity index (χ2n) is 4.36. The highest BCUT2D eigenvalue weighted by Crippen LogP contribution is 2.31. The molecule has 19 heavy (non-hydrogen) atoms. The fourth-order valence-corrected chi connectivity index (χ4v) is 2.85. The number of halogens is 3. The second-order valence-corrected chi connectivity index (χ2v) is 6.05. The summed E-state index contributed by atoms with van der Waals surface area (Å²) < 4.78 is 2.47. The molecule has 0 saturated carbocycles. The predicted molar refractivity (Wildman–Crippen MR) is 80.8 cm³/mol. The first-order chi connectivity index (χ1) is 8.90. The zero-order valence-electron chi connectivity index (χ0n) is 10.5. The average molecular weight is 364 g/mol. The minimum Gasteiger partial charge on any atom is -0.388 e. The molecule has 1 unspecified atom stereocenters. The third-order valence-corrected chi connectivity index (χ3v) is 4.29. The monoisotopic (exact) mass is 362 g/mol. The molecule has 0 aliphatic heterocycles. The molecule has 0 aliphatic carbocycles. The number of aromatic nitrogens is 2. The zero-order valence-corrected chi connectivity index (χ0v) is 13.6. The smallest absolute Gasteiger partial charge is 0.130 e. The van der Waals surface area contributed by atoms with Crippen molar-refractivity contribution in [2.45, 2.75) is 19.4 Å². The molecule has 102 valence electrons. The van der Waals surface area contributed by atoms with E-state index in [9.17, 15) is 5.11 Å². The largest absolute Gasteiger partial charge is 0.388 e. The number of rotatable bonds is 3. The standard InChI is InChI=1S/C13H13BrCl2N2O/c1-7-9(13(16)18(2)17-7)6-12(19)10-5-8(14)3-4-11(10)15/h3-5,12,19H,6H2,1-2H3. The molecule has 3 nitrogen and oxygen atoms in total. The topological polar surface area (TPSA) is 38.0 Å². The van der Waals surface area contributed by atoms with Crippen LogP contribution in [-0.2, 0) is 13.5 Å². The lowest BCUT2D eigenvalue weighted by Crippen LogP contribution is -2.04. The molecule has 0 bridgehead atoms. The van der Waals surface area contributed by atoms with Crippen molar-refractivity contribution in [2.75, 3.05) is 0 Å². The predicted octanol–water partition coefficient (Wildman–Crippen LogP) is 4.07. The lowest BCUT2D eigenvalue weighted by Gasteiger charge is -2.13. The Bertz CT molecular complexity index is 613.